The summed E-state index contributed by atoms with van der Waals surface area (Å²) in [5.41, 5.74) is 0.331. The number of anilines is 1. The third kappa shape index (κ3) is 3.93. The number of rotatable bonds is 5. The summed E-state index contributed by atoms with van der Waals surface area (Å²) in [5.74, 6) is 0.113. The molecule has 0 aliphatic carbocycles. The van der Waals surface area contributed by atoms with Crippen molar-refractivity contribution >= 4 is 21.6 Å². The van der Waals surface area contributed by atoms with Gasteiger partial charge < -0.3 is 15.4 Å². The first kappa shape index (κ1) is 15.7. The molecule has 1 aromatic carbocycles. The highest BCUT2D eigenvalue weighted by atomic mass is 32.2. The van der Waals surface area contributed by atoms with Crippen molar-refractivity contribution in [3.8, 4) is 5.75 Å². The maximum atomic E-state index is 12.3. The van der Waals surface area contributed by atoms with Crippen LogP contribution in [0.25, 0.3) is 0 Å². The lowest BCUT2D eigenvalue weighted by Crippen LogP contribution is -2.36. The Balaban J connectivity index is 2.27. The molecule has 1 unspecified atom stereocenters. The van der Waals surface area contributed by atoms with Gasteiger partial charge in [-0.1, -0.05) is 0 Å². The second-order valence-corrected chi connectivity index (χ2v) is 6.57. The highest BCUT2D eigenvalue weighted by Gasteiger charge is 2.23. The van der Waals surface area contributed by atoms with Crippen molar-refractivity contribution in [3.05, 3.63) is 18.2 Å². The predicted molar refractivity (Wildman–Crippen MR) is 78.9 cm³/mol. The second kappa shape index (κ2) is 6.42. The summed E-state index contributed by atoms with van der Waals surface area (Å²) in [7, 11) is -2.17. The second-order valence-electron chi connectivity index (χ2n) is 4.85. The molecule has 7 nitrogen and oxygen atoms in total. The largest absolute Gasteiger partial charge is 0.495 e. The highest BCUT2D eigenvalue weighted by Crippen LogP contribution is 2.27. The van der Waals surface area contributed by atoms with Gasteiger partial charge in [0.1, 0.15) is 5.75 Å². The molecule has 1 atom stereocenters. The Kier molecular flexibility index (Phi) is 4.81. The molecule has 3 N–H and O–H groups in total. The van der Waals surface area contributed by atoms with E-state index in [0.29, 0.717) is 18.0 Å². The van der Waals surface area contributed by atoms with Crippen LogP contribution in [0.1, 0.15) is 13.3 Å². The number of methoxy groups -OCH3 is 1. The van der Waals surface area contributed by atoms with Gasteiger partial charge in [-0.25, -0.2) is 13.1 Å². The van der Waals surface area contributed by atoms with Gasteiger partial charge in [0, 0.05) is 19.5 Å². The minimum Gasteiger partial charge on any atom is -0.495 e. The molecule has 1 saturated heterocycles. The van der Waals surface area contributed by atoms with Crippen molar-refractivity contribution in [2.75, 3.05) is 25.5 Å². The Morgan fingerprint density at radius 3 is 2.76 bits per heavy atom. The van der Waals surface area contributed by atoms with Crippen LogP contribution < -0.4 is 20.1 Å². The molecular weight excluding hydrogens is 294 g/mol. The Labute approximate surface area is 124 Å². The van der Waals surface area contributed by atoms with Gasteiger partial charge in [-0.3, -0.25) is 4.79 Å². The number of benzene rings is 1. The van der Waals surface area contributed by atoms with Crippen LogP contribution in [0.15, 0.2) is 23.1 Å². The van der Waals surface area contributed by atoms with E-state index in [1.54, 1.807) is 0 Å². The van der Waals surface area contributed by atoms with Crippen LogP contribution in [-0.4, -0.2) is 40.6 Å². The summed E-state index contributed by atoms with van der Waals surface area (Å²) in [6, 6.07) is 4.26. The van der Waals surface area contributed by atoms with Gasteiger partial charge in [-0.15, -0.1) is 0 Å². The van der Waals surface area contributed by atoms with Crippen LogP contribution in [-0.2, 0) is 14.8 Å². The van der Waals surface area contributed by atoms with Gasteiger partial charge in [0.05, 0.1) is 17.7 Å². The minimum absolute atomic E-state index is 0.0962. The zero-order chi connectivity index (χ0) is 15.5. The first-order valence-electron chi connectivity index (χ1n) is 6.61. The standard InChI is InChI=1S/C13H19N3O4S/c1-9(17)15-12-7-11(3-4-13(12)20-2)21(18,19)16-10-5-6-14-8-10/h3-4,7,10,14,16H,5-6,8H2,1-2H3,(H,15,17). The fourth-order valence-corrected chi connectivity index (χ4v) is 3.48. The van der Waals surface area contributed by atoms with E-state index in [1.165, 1.54) is 32.2 Å². The van der Waals surface area contributed by atoms with Gasteiger partial charge in [-0.2, -0.15) is 0 Å². The Bertz CT molecular complexity index is 624. The van der Waals surface area contributed by atoms with E-state index in [2.05, 4.69) is 15.4 Å². The zero-order valence-corrected chi connectivity index (χ0v) is 12.8. The number of hydrogen-bond acceptors (Lipinski definition) is 5. The molecule has 1 fully saturated rings. The summed E-state index contributed by atoms with van der Waals surface area (Å²) < 4.78 is 32.4. The number of ether oxygens (including phenoxy) is 1. The van der Waals surface area contributed by atoms with Crippen LogP contribution in [0.4, 0.5) is 5.69 Å². The van der Waals surface area contributed by atoms with Crippen molar-refractivity contribution in [2.24, 2.45) is 0 Å². The molecule has 1 amide bonds. The number of nitrogens with one attached hydrogen (secondary N) is 3. The van der Waals surface area contributed by atoms with Crippen LogP contribution >= 0.6 is 0 Å². The molecule has 1 aliphatic heterocycles. The quantitative estimate of drug-likeness (QED) is 0.726. The number of amides is 1. The summed E-state index contributed by atoms with van der Waals surface area (Å²) in [4.78, 5) is 11.3. The van der Waals surface area contributed by atoms with Crippen LogP contribution in [0.2, 0.25) is 0 Å². The summed E-state index contributed by atoms with van der Waals surface area (Å²) >= 11 is 0. The van der Waals surface area contributed by atoms with Crippen LogP contribution in [0, 0.1) is 0 Å². The van der Waals surface area contributed by atoms with Gasteiger partial charge in [-0.05, 0) is 31.2 Å². The predicted octanol–water partition coefficient (Wildman–Crippen LogP) is 0.294. The SMILES string of the molecule is COc1ccc(S(=O)(=O)NC2CCNC2)cc1NC(C)=O. The molecule has 1 aliphatic rings. The Morgan fingerprint density at radius 1 is 1.43 bits per heavy atom. The van der Waals surface area contributed by atoms with Gasteiger partial charge in [0.2, 0.25) is 15.9 Å². The lowest BCUT2D eigenvalue weighted by Gasteiger charge is -2.14. The number of hydrogen-bond donors (Lipinski definition) is 3. The summed E-state index contributed by atoms with van der Waals surface area (Å²) in [5, 5.41) is 5.66. The molecule has 21 heavy (non-hydrogen) atoms. The van der Waals surface area contributed by atoms with Gasteiger partial charge >= 0.3 is 0 Å². The van der Waals surface area contributed by atoms with E-state index in [1.807, 2.05) is 0 Å². The Hall–Kier alpha value is -1.64. The van der Waals surface area contributed by atoms with E-state index < -0.39 is 10.0 Å². The molecule has 0 aromatic heterocycles. The van der Waals surface area contributed by atoms with Crippen molar-refractivity contribution < 1.29 is 17.9 Å². The monoisotopic (exact) mass is 313 g/mol. The molecule has 0 spiro atoms. The molecule has 116 valence electrons. The first-order valence-corrected chi connectivity index (χ1v) is 8.09. The van der Waals surface area contributed by atoms with Crippen molar-refractivity contribution in [1.82, 2.24) is 10.0 Å². The fraction of sp³-hybridized carbons (Fsp3) is 0.462. The topological polar surface area (TPSA) is 96.5 Å². The lowest BCUT2D eigenvalue weighted by molar-refractivity contribution is -0.114. The van der Waals surface area contributed by atoms with E-state index in [9.17, 15) is 13.2 Å². The number of carbonyl (C=O) groups excluding carboxylic acids is 1. The average Bonchev–Trinajstić information content (AvgIpc) is 2.90. The van der Waals surface area contributed by atoms with Crippen LogP contribution in [0.5, 0.6) is 5.75 Å². The molecule has 0 bridgehead atoms. The van der Waals surface area contributed by atoms with Gasteiger partial charge in [0.25, 0.3) is 0 Å². The van der Waals surface area contributed by atoms with E-state index >= 15 is 0 Å². The maximum absolute atomic E-state index is 12.3. The van der Waals surface area contributed by atoms with Gasteiger partial charge in [0.15, 0.2) is 0 Å². The molecule has 8 heteroatoms. The molecule has 0 saturated carbocycles. The first-order chi connectivity index (χ1) is 9.92. The maximum Gasteiger partial charge on any atom is 0.240 e. The smallest absolute Gasteiger partial charge is 0.240 e. The summed E-state index contributed by atoms with van der Waals surface area (Å²) in [6.45, 7) is 2.77. The van der Waals surface area contributed by atoms with Crippen molar-refractivity contribution in [1.29, 1.82) is 0 Å². The third-order valence-corrected chi connectivity index (χ3v) is 4.69. The lowest BCUT2D eigenvalue weighted by atomic mass is 10.3. The fourth-order valence-electron chi connectivity index (χ4n) is 2.18. The Morgan fingerprint density at radius 2 is 2.19 bits per heavy atom. The molecule has 2 rings (SSSR count). The molecule has 0 radical (unpaired) electrons. The molecule has 1 heterocycles. The normalized spacial score (nSPS) is 18.5. The molecule has 1 aromatic rings. The number of carbonyl (C=O) groups is 1. The molecular formula is C13H19N3O4S. The van der Waals surface area contributed by atoms with Crippen molar-refractivity contribution in [2.45, 2.75) is 24.3 Å². The van der Waals surface area contributed by atoms with E-state index in [4.69, 9.17) is 4.74 Å². The number of sulfonamides is 1. The zero-order valence-electron chi connectivity index (χ0n) is 12.0. The van der Waals surface area contributed by atoms with Crippen molar-refractivity contribution in [3.63, 3.8) is 0 Å². The van der Waals surface area contributed by atoms with E-state index in [-0.39, 0.29) is 16.8 Å². The van der Waals surface area contributed by atoms with Crippen LogP contribution in [0.3, 0.4) is 0 Å². The van der Waals surface area contributed by atoms with E-state index in [0.717, 1.165) is 13.0 Å². The highest BCUT2D eigenvalue weighted by molar-refractivity contribution is 7.89. The average molecular weight is 313 g/mol. The summed E-state index contributed by atoms with van der Waals surface area (Å²) in [6.07, 6.45) is 0.758. The third-order valence-electron chi connectivity index (χ3n) is 3.17. The minimum atomic E-state index is -3.62.